The van der Waals surface area contributed by atoms with Gasteiger partial charge in [0.15, 0.2) is 0 Å². The third-order valence-corrected chi connectivity index (χ3v) is 4.59. The SMILES string of the molecule is CC(C)N(Cc1cc(Br)ccc1O)C1CCCCC1. The minimum Gasteiger partial charge on any atom is -0.508 e. The maximum absolute atomic E-state index is 10.0. The van der Waals surface area contributed by atoms with Gasteiger partial charge in [-0.3, -0.25) is 4.90 Å². The van der Waals surface area contributed by atoms with Gasteiger partial charge in [0.1, 0.15) is 5.75 Å². The van der Waals surface area contributed by atoms with Gasteiger partial charge in [0.2, 0.25) is 0 Å². The summed E-state index contributed by atoms with van der Waals surface area (Å²) in [4.78, 5) is 2.54. The van der Waals surface area contributed by atoms with Crippen LogP contribution in [-0.4, -0.2) is 22.1 Å². The Kier molecular flexibility index (Phi) is 5.28. The van der Waals surface area contributed by atoms with Crippen molar-refractivity contribution in [2.45, 2.75) is 64.6 Å². The maximum atomic E-state index is 10.0. The van der Waals surface area contributed by atoms with Crippen LogP contribution in [0, 0.1) is 0 Å². The molecule has 106 valence electrons. The molecule has 0 saturated heterocycles. The van der Waals surface area contributed by atoms with E-state index in [4.69, 9.17) is 0 Å². The second kappa shape index (κ2) is 6.76. The molecule has 19 heavy (non-hydrogen) atoms. The Bertz CT molecular complexity index is 413. The molecule has 1 fully saturated rings. The Hall–Kier alpha value is -0.540. The van der Waals surface area contributed by atoms with Gasteiger partial charge in [0.05, 0.1) is 0 Å². The standard InChI is InChI=1S/C16H24BrNO/c1-12(2)18(15-6-4-3-5-7-15)11-13-10-14(17)8-9-16(13)19/h8-10,12,15,19H,3-7,11H2,1-2H3. The lowest BCUT2D eigenvalue weighted by Crippen LogP contribution is -2.41. The Balaban J connectivity index is 2.13. The van der Waals surface area contributed by atoms with E-state index in [1.54, 1.807) is 6.07 Å². The third-order valence-electron chi connectivity index (χ3n) is 4.10. The van der Waals surface area contributed by atoms with Crippen molar-refractivity contribution in [2.24, 2.45) is 0 Å². The van der Waals surface area contributed by atoms with Gasteiger partial charge < -0.3 is 5.11 Å². The van der Waals surface area contributed by atoms with Gasteiger partial charge in [-0.2, -0.15) is 0 Å². The van der Waals surface area contributed by atoms with E-state index in [0.29, 0.717) is 17.8 Å². The highest BCUT2D eigenvalue weighted by molar-refractivity contribution is 9.10. The van der Waals surface area contributed by atoms with E-state index in [-0.39, 0.29) is 0 Å². The molecule has 1 saturated carbocycles. The van der Waals surface area contributed by atoms with E-state index in [1.807, 2.05) is 12.1 Å². The first-order chi connectivity index (χ1) is 9.08. The molecule has 0 radical (unpaired) electrons. The lowest BCUT2D eigenvalue weighted by molar-refractivity contribution is 0.111. The number of phenols is 1. The smallest absolute Gasteiger partial charge is 0.120 e. The maximum Gasteiger partial charge on any atom is 0.120 e. The summed E-state index contributed by atoms with van der Waals surface area (Å²) in [6.45, 7) is 5.35. The molecule has 0 amide bonds. The van der Waals surface area contributed by atoms with Crippen LogP contribution < -0.4 is 0 Å². The van der Waals surface area contributed by atoms with Crippen molar-refractivity contribution in [1.29, 1.82) is 0 Å². The quantitative estimate of drug-likeness (QED) is 0.867. The zero-order chi connectivity index (χ0) is 13.8. The van der Waals surface area contributed by atoms with E-state index >= 15 is 0 Å². The van der Waals surface area contributed by atoms with Crippen LogP contribution in [-0.2, 0) is 6.54 Å². The molecule has 1 aromatic carbocycles. The first-order valence-electron chi connectivity index (χ1n) is 7.31. The zero-order valence-corrected chi connectivity index (χ0v) is 13.5. The van der Waals surface area contributed by atoms with E-state index < -0.39 is 0 Å². The monoisotopic (exact) mass is 325 g/mol. The number of hydrogen-bond donors (Lipinski definition) is 1. The van der Waals surface area contributed by atoms with Gasteiger partial charge in [-0.25, -0.2) is 0 Å². The number of hydrogen-bond acceptors (Lipinski definition) is 2. The van der Waals surface area contributed by atoms with Crippen LogP contribution in [0.1, 0.15) is 51.5 Å². The summed E-state index contributed by atoms with van der Waals surface area (Å²) in [5.74, 6) is 0.407. The molecular formula is C16H24BrNO. The topological polar surface area (TPSA) is 23.5 Å². The van der Waals surface area contributed by atoms with Crippen LogP contribution in [0.4, 0.5) is 0 Å². The number of phenolic OH excluding ortho intramolecular Hbond substituents is 1. The van der Waals surface area contributed by atoms with Crippen LogP contribution in [0.25, 0.3) is 0 Å². The highest BCUT2D eigenvalue weighted by Gasteiger charge is 2.24. The number of nitrogens with zero attached hydrogens (tertiary/aromatic N) is 1. The number of halogens is 1. The molecule has 1 N–H and O–H groups in total. The average Bonchev–Trinajstić information content (AvgIpc) is 2.40. The van der Waals surface area contributed by atoms with E-state index in [9.17, 15) is 5.11 Å². The average molecular weight is 326 g/mol. The van der Waals surface area contributed by atoms with Crippen molar-refractivity contribution in [1.82, 2.24) is 4.90 Å². The van der Waals surface area contributed by atoms with Crippen molar-refractivity contribution in [3.8, 4) is 5.75 Å². The zero-order valence-electron chi connectivity index (χ0n) is 11.9. The van der Waals surface area contributed by atoms with Gasteiger partial charge in [-0.05, 0) is 44.9 Å². The first kappa shape index (κ1) is 14.9. The van der Waals surface area contributed by atoms with Crippen molar-refractivity contribution in [3.63, 3.8) is 0 Å². The molecule has 1 aromatic rings. The van der Waals surface area contributed by atoms with Gasteiger partial charge in [-0.15, -0.1) is 0 Å². The summed E-state index contributed by atoms with van der Waals surface area (Å²) >= 11 is 3.49. The van der Waals surface area contributed by atoms with Crippen LogP contribution in [0.15, 0.2) is 22.7 Å². The Morgan fingerprint density at radius 2 is 1.95 bits per heavy atom. The van der Waals surface area contributed by atoms with E-state index in [2.05, 4.69) is 34.7 Å². The summed E-state index contributed by atoms with van der Waals surface area (Å²) in [7, 11) is 0. The molecule has 0 spiro atoms. The van der Waals surface area contributed by atoms with Crippen LogP contribution in [0.5, 0.6) is 5.75 Å². The van der Waals surface area contributed by atoms with Crippen LogP contribution in [0.2, 0.25) is 0 Å². The fraction of sp³-hybridized carbons (Fsp3) is 0.625. The predicted octanol–water partition coefficient (Wildman–Crippen LogP) is 4.70. The molecule has 2 nitrogen and oxygen atoms in total. The predicted molar refractivity (Wildman–Crippen MR) is 83.4 cm³/mol. The molecule has 0 unspecified atom stereocenters. The molecule has 1 aliphatic rings. The van der Waals surface area contributed by atoms with Crippen LogP contribution >= 0.6 is 15.9 Å². The summed E-state index contributed by atoms with van der Waals surface area (Å²) in [5.41, 5.74) is 1.02. The summed E-state index contributed by atoms with van der Waals surface area (Å²) < 4.78 is 1.03. The lowest BCUT2D eigenvalue weighted by Gasteiger charge is -2.37. The van der Waals surface area contributed by atoms with Gasteiger partial charge >= 0.3 is 0 Å². The molecule has 0 atom stereocenters. The second-order valence-corrected chi connectivity index (χ2v) is 6.75. The summed E-state index contributed by atoms with van der Waals surface area (Å²) in [6.07, 6.45) is 6.67. The van der Waals surface area contributed by atoms with Crippen LogP contribution in [0.3, 0.4) is 0 Å². The Morgan fingerprint density at radius 3 is 2.58 bits per heavy atom. The van der Waals surface area contributed by atoms with Gasteiger partial charge in [0, 0.05) is 28.7 Å². The number of rotatable bonds is 4. The molecular weight excluding hydrogens is 302 g/mol. The normalized spacial score (nSPS) is 17.3. The third kappa shape index (κ3) is 3.96. The van der Waals surface area contributed by atoms with E-state index in [0.717, 1.165) is 16.6 Å². The van der Waals surface area contributed by atoms with E-state index in [1.165, 1.54) is 32.1 Å². The molecule has 3 heteroatoms. The molecule has 0 aliphatic heterocycles. The first-order valence-corrected chi connectivity index (χ1v) is 8.10. The largest absolute Gasteiger partial charge is 0.508 e. The minimum atomic E-state index is 0.407. The molecule has 0 bridgehead atoms. The fourth-order valence-corrected chi connectivity index (χ4v) is 3.43. The summed E-state index contributed by atoms with van der Waals surface area (Å²) in [5, 5.41) is 10.0. The summed E-state index contributed by atoms with van der Waals surface area (Å²) in [6, 6.07) is 6.89. The van der Waals surface area contributed by atoms with Crippen molar-refractivity contribution >= 4 is 15.9 Å². The number of aromatic hydroxyl groups is 1. The molecule has 0 heterocycles. The second-order valence-electron chi connectivity index (χ2n) is 5.83. The highest BCUT2D eigenvalue weighted by Crippen LogP contribution is 2.29. The van der Waals surface area contributed by atoms with Crippen molar-refractivity contribution < 1.29 is 5.11 Å². The number of benzene rings is 1. The van der Waals surface area contributed by atoms with Gasteiger partial charge in [-0.1, -0.05) is 35.2 Å². The lowest BCUT2D eigenvalue weighted by atomic mass is 9.93. The van der Waals surface area contributed by atoms with Gasteiger partial charge in [0.25, 0.3) is 0 Å². The minimum absolute atomic E-state index is 0.407. The highest BCUT2D eigenvalue weighted by atomic mass is 79.9. The molecule has 2 rings (SSSR count). The Labute approximate surface area is 124 Å². The fourth-order valence-electron chi connectivity index (χ4n) is 3.02. The van der Waals surface area contributed by atoms with Crippen molar-refractivity contribution in [3.05, 3.63) is 28.2 Å². The van der Waals surface area contributed by atoms with Crippen molar-refractivity contribution in [2.75, 3.05) is 0 Å². The molecule has 1 aliphatic carbocycles. The Morgan fingerprint density at radius 1 is 1.26 bits per heavy atom. The molecule has 0 aromatic heterocycles.